The van der Waals surface area contributed by atoms with Crippen molar-refractivity contribution in [2.24, 2.45) is 0 Å². The quantitative estimate of drug-likeness (QED) is 0.789. The lowest BCUT2D eigenvalue weighted by Gasteiger charge is -2.26. The average Bonchev–Trinajstić information content (AvgIpc) is 2.54. The van der Waals surface area contributed by atoms with Crippen molar-refractivity contribution < 1.29 is 23.7 Å². The topological polar surface area (TPSA) is 54.0 Å². The summed E-state index contributed by atoms with van der Waals surface area (Å²) in [6.45, 7) is 0. The van der Waals surface area contributed by atoms with Gasteiger partial charge in [-0.25, -0.2) is 4.79 Å². The SMILES string of the molecule is COC(=O)C1Oc2c(Cl)cccc2Cc2cccc(OC)c2O1. The molecule has 3 rings (SSSR count). The molecule has 6 heteroatoms. The third-order valence-corrected chi connectivity index (χ3v) is 3.85. The first-order valence-corrected chi connectivity index (χ1v) is 7.36. The Kier molecular flexibility index (Phi) is 4.30. The molecule has 1 atom stereocenters. The summed E-state index contributed by atoms with van der Waals surface area (Å²) in [7, 11) is 2.81. The fourth-order valence-electron chi connectivity index (χ4n) is 2.46. The third-order valence-electron chi connectivity index (χ3n) is 3.55. The van der Waals surface area contributed by atoms with Crippen LogP contribution in [0.15, 0.2) is 36.4 Å². The molecule has 1 heterocycles. The van der Waals surface area contributed by atoms with Crippen molar-refractivity contribution in [2.75, 3.05) is 14.2 Å². The van der Waals surface area contributed by atoms with Gasteiger partial charge in [0.05, 0.1) is 19.2 Å². The Hall–Kier alpha value is -2.40. The van der Waals surface area contributed by atoms with Gasteiger partial charge in [-0.05, 0) is 12.1 Å². The molecule has 0 spiro atoms. The molecule has 1 aliphatic rings. The predicted molar refractivity (Wildman–Crippen MR) is 84.3 cm³/mol. The number of carbonyl (C=O) groups excluding carboxylic acids is 1. The lowest BCUT2D eigenvalue weighted by Crippen LogP contribution is -2.36. The molecule has 23 heavy (non-hydrogen) atoms. The van der Waals surface area contributed by atoms with Gasteiger partial charge in [-0.2, -0.15) is 0 Å². The number of hydrogen-bond donors (Lipinski definition) is 0. The number of esters is 1. The van der Waals surface area contributed by atoms with Gasteiger partial charge >= 0.3 is 12.3 Å². The summed E-state index contributed by atoms with van der Waals surface area (Å²) in [6, 6.07) is 10.9. The number of halogens is 1. The number of ether oxygens (including phenoxy) is 4. The van der Waals surface area contributed by atoms with E-state index in [0.29, 0.717) is 28.7 Å². The van der Waals surface area contributed by atoms with Gasteiger partial charge in [-0.3, -0.25) is 0 Å². The van der Waals surface area contributed by atoms with Gasteiger partial charge in [0.1, 0.15) is 5.75 Å². The van der Waals surface area contributed by atoms with E-state index >= 15 is 0 Å². The largest absolute Gasteiger partial charge is 0.493 e. The summed E-state index contributed by atoms with van der Waals surface area (Å²) < 4.78 is 21.5. The van der Waals surface area contributed by atoms with Crippen LogP contribution in [-0.4, -0.2) is 26.5 Å². The Morgan fingerprint density at radius 1 is 1.09 bits per heavy atom. The number of carbonyl (C=O) groups is 1. The Bertz CT molecular complexity index is 744. The molecule has 5 nitrogen and oxygen atoms in total. The van der Waals surface area contributed by atoms with E-state index in [1.807, 2.05) is 24.3 Å². The van der Waals surface area contributed by atoms with Crippen molar-refractivity contribution >= 4 is 17.6 Å². The monoisotopic (exact) mass is 334 g/mol. The van der Waals surface area contributed by atoms with Crippen molar-refractivity contribution in [3.8, 4) is 17.2 Å². The van der Waals surface area contributed by atoms with Crippen LogP contribution in [0.4, 0.5) is 0 Å². The zero-order valence-corrected chi connectivity index (χ0v) is 13.4. The summed E-state index contributed by atoms with van der Waals surface area (Å²) >= 11 is 6.21. The zero-order valence-electron chi connectivity index (χ0n) is 12.7. The Morgan fingerprint density at radius 3 is 2.43 bits per heavy atom. The number of benzene rings is 2. The molecule has 0 amide bonds. The molecule has 120 valence electrons. The van der Waals surface area contributed by atoms with Gasteiger partial charge < -0.3 is 18.9 Å². The second-order valence-corrected chi connectivity index (χ2v) is 5.35. The molecule has 0 bridgehead atoms. The van der Waals surface area contributed by atoms with Gasteiger partial charge in [-0.1, -0.05) is 35.9 Å². The smallest absolute Gasteiger partial charge is 0.389 e. The van der Waals surface area contributed by atoms with Gasteiger partial charge in [0, 0.05) is 17.5 Å². The molecular formula is C17H15ClO5. The van der Waals surface area contributed by atoms with Crippen LogP contribution in [0, 0.1) is 0 Å². The molecular weight excluding hydrogens is 320 g/mol. The normalized spacial score (nSPS) is 15.9. The maximum Gasteiger partial charge on any atom is 0.389 e. The van der Waals surface area contributed by atoms with Crippen LogP contribution in [0.2, 0.25) is 5.02 Å². The van der Waals surface area contributed by atoms with Crippen molar-refractivity contribution in [2.45, 2.75) is 12.7 Å². The van der Waals surface area contributed by atoms with E-state index in [2.05, 4.69) is 0 Å². The molecule has 0 saturated heterocycles. The van der Waals surface area contributed by atoms with Crippen LogP contribution in [0.3, 0.4) is 0 Å². The Morgan fingerprint density at radius 2 is 1.74 bits per heavy atom. The number of hydrogen-bond acceptors (Lipinski definition) is 5. The lowest BCUT2D eigenvalue weighted by atomic mass is 10.0. The molecule has 2 aromatic rings. The van der Waals surface area contributed by atoms with Gasteiger partial charge in [0.2, 0.25) is 0 Å². The average molecular weight is 335 g/mol. The summed E-state index contributed by atoms with van der Waals surface area (Å²) in [4.78, 5) is 12.0. The van der Waals surface area contributed by atoms with Crippen LogP contribution in [-0.2, 0) is 16.0 Å². The molecule has 0 aromatic heterocycles. The summed E-state index contributed by atoms with van der Waals surface area (Å²) in [5.41, 5.74) is 1.72. The van der Waals surface area contributed by atoms with Crippen molar-refractivity contribution in [3.05, 3.63) is 52.5 Å². The first-order chi connectivity index (χ1) is 11.1. The van der Waals surface area contributed by atoms with E-state index < -0.39 is 12.3 Å². The van der Waals surface area contributed by atoms with E-state index in [0.717, 1.165) is 11.1 Å². The molecule has 1 aliphatic heterocycles. The van der Waals surface area contributed by atoms with Crippen LogP contribution >= 0.6 is 11.6 Å². The minimum atomic E-state index is -1.27. The highest BCUT2D eigenvalue weighted by atomic mass is 35.5. The third kappa shape index (κ3) is 2.92. The maximum absolute atomic E-state index is 12.0. The molecule has 2 aromatic carbocycles. The highest BCUT2D eigenvalue weighted by Crippen LogP contribution is 2.39. The minimum Gasteiger partial charge on any atom is -0.493 e. The fraction of sp³-hybridized carbons (Fsp3) is 0.235. The van der Waals surface area contributed by atoms with E-state index in [4.69, 9.17) is 30.5 Å². The lowest BCUT2D eigenvalue weighted by molar-refractivity contribution is -0.162. The second kappa shape index (κ2) is 6.38. The maximum atomic E-state index is 12.0. The van der Waals surface area contributed by atoms with Crippen LogP contribution < -0.4 is 14.2 Å². The van der Waals surface area contributed by atoms with Gasteiger partial charge in [-0.15, -0.1) is 0 Å². The zero-order chi connectivity index (χ0) is 16.4. The van der Waals surface area contributed by atoms with E-state index in [1.54, 1.807) is 12.1 Å². The fourth-order valence-corrected chi connectivity index (χ4v) is 2.69. The number of para-hydroxylation sites is 2. The van der Waals surface area contributed by atoms with Crippen molar-refractivity contribution in [1.82, 2.24) is 0 Å². The van der Waals surface area contributed by atoms with Crippen LogP contribution in [0.25, 0.3) is 0 Å². The molecule has 0 saturated carbocycles. The van der Waals surface area contributed by atoms with Crippen LogP contribution in [0.1, 0.15) is 11.1 Å². The van der Waals surface area contributed by atoms with Crippen LogP contribution in [0.5, 0.6) is 17.2 Å². The Labute approximate surface area is 138 Å². The number of fused-ring (bicyclic) bond motifs is 2. The Balaban J connectivity index is 2.16. The van der Waals surface area contributed by atoms with E-state index in [-0.39, 0.29) is 0 Å². The summed E-state index contributed by atoms with van der Waals surface area (Å²) in [5, 5.41) is 0.409. The van der Waals surface area contributed by atoms with E-state index in [9.17, 15) is 4.79 Å². The van der Waals surface area contributed by atoms with Crippen molar-refractivity contribution in [1.29, 1.82) is 0 Å². The summed E-state index contributed by atoms with van der Waals surface area (Å²) in [5.74, 6) is 0.731. The number of rotatable bonds is 2. The molecule has 0 N–H and O–H groups in total. The second-order valence-electron chi connectivity index (χ2n) is 4.94. The summed E-state index contributed by atoms with van der Waals surface area (Å²) in [6.07, 6.45) is -0.731. The minimum absolute atomic E-state index is 0.409. The molecule has 0 aliphatic carbocycles. The molecule has 0 radical (unpaired) electrons. The first-order valence-electron chi connectivity index (χ1n) is 6.98. The van der Waals surface area contributed by atoms with E-state index in [1.165, 1.54) is 14.2 Å². The molecule has 0 fully saturated rings. The highest BCUT2D eigenvalue weighted by Gasteiger charge is 2.30. The number of methoxy groups -OCH3 is 2. The van der Waals surface area contributed by atoms with Gasteiger partial charge in [0.25, 0.3) is 0 Å². The highest BCUT2D eigenvalue weighted by molar-refractivity contribution is 6.32. The standard InChI is InChI=1S/C17H15ClO5/c1-20-13-8-4-6-11-9-10-5-3-7-12(18)14(10)22-17(16(19)21-2)23-15(11)13/h3-8,17H,9H2,1-2H3. The predicted octanol–water partition coefficient (Wildman–Crippen LogP) is 3.21. The molecule has 1 unspecified atom stereocenters. The van der Waals surface area contributed by atoms with Gasteiger partial charge in [0.15, 0.2) is 11.5 Å². The first kappa shape index (κ1) is 15.5. The van der Waals surface area contributed by atoms with Crippen molar-refractivity contribution in [3.63, 3.8) is 0 Å².